The highest BCUT2D eigenvalue weighted by molar-refractivity contribution is 6.31. The molecular weight excluding hydrogens is 438 g/mol. The molecule has 0 atom stereocenters. The van der Waals surface area contributed by atoms with E-state index in [2.05, 4.69) is 22.2 Å². The van der Waals surface area contributed by atoms with E-state index < -0.39 is 0 Å². The van der Waals surface area contributed by atoms with Crippen molar-refractivity contribution in [3.05, 3.63) is 95.3 Å². The van der Waals surface area contributed by atoms with Gasteiger partial charge in [0, 0.05) is 34.4 Å². The van der Waals surface area contributed by atoms with Gasteiger partial charge in [-0.25, -0.2) is 4.98 Å². The van der Waals surface area contributed by atoms with Gasteiger partial charge in [0.15, 0.2) is 11.5 Å². The molecule has 0 aliphatic carbocycles. The van der Waals surface area contributed by atoms with Crippen molar-refractivity contribution >= 4 is 34.1 Å². The number of allylic oxidation sites excluding steroid dienone is 2. The van der Waals surface area contributed by atoms with Crippen molar-refractivity contribution in [2.24, 2.45) is 0 Å². The molecule has 7 heteroatoms. The van der Waals surface area contributed by atoms with Crippen molar-refractivity contribution in [3.63, 3.8) is 0 Å². The molecule has 0 saturated heterocycles. The molecule has 0 unspecified atom stereocenters. The van der Waals surface area contributed by atoms with E-state index in [-0.39, 0.29) is 5.91 Å². The summed E-state index contributed by atoms with van der Waals surface area (Å²) in [6.07, 6.45) is 6.92. The van der Waals surface area contributed by atoms with Crippen molar-refractivity contribution in [2.45, 2.75) is 13.5 Å². The zero-order valence-corrected chi connectivity index (χ0v) is 19.0. The van der Waals surface area contributed by atoms with Crippen LogP contribution in [0.25, 0.3) is 10.8 Å². The lowest BCUT2D eigenvalue weighted by Crippen LogP contribution is -2.24. The molecule has 1 aromatic heterocycles. The van der Waals surface area contributed by atoms with Crippen LogP contribution >= 0.6 is 11.6 Å². The van der Waals surface area contributed by atoms with Gasteiger partial charge < -0.3 is 20.1 Å². The maximum absolute atomic E-state index is 12.7. The fourth-order valence-electron chi connectivity index (χ4n) is 3.41. The SMILES string of the molecule is C=C(/C=C\C(=C/C)C(=O)NCc1ccc2c(c1)OCCO2)Nc1nccc2ccc(Cl)cc12. The van der Waals surface area contributed by atoms with Gasteiger partial charge in [-0.05, 0) is 60.4 Å². The molecule has 1 aliphatic heterocycles. The van der Waals surface area contributed by atoms with Crippen LogP contribution in [0.3, 0.4) is 0 Å². The minimum atomic E-state index is -0.188. The molecule has 1 aliphatic rings. The number of ether oxygens (including phenoxy) is 2. The maximum Gasteiger partial charge on any atom is 0.251 e. The Balaban J connectivity index is 1.37. The van der Waals surface area contributed by atoms with Gasteiger partial charge in [0.25, 0.3) is 5.91 Å². The molecule has 33 heavy (non-hydrogen) atoms. The average molecular weight is 462 g/mol. The summed E-state index contributed by atoms with van der Waals surface area (Å²) >= 11 is 6.14. The highest BCUT2D eigenvalue weighted by atomic mass is 35.5. The number of nitrogens with zero attached hydrogens (tertiary/aromatic N) is 1. The molecule has 168 valence electrons. The topological polar surface area (TPSA) is 72.5 Å². The molecule has 4 rings (SSSR count). The van der Waals surface area contributed by atoms with E-state index in [9.17, 15) is 4.79 Å². The number of halogens is 1. The van der Waals surface area contributed by atoms with Crippen molar-refractivity contribution in [3.8, 4) is 11.5 Å². The standard InChI is InChI=1S/C26H24ClN3O3/c1-3-19(26(31)29-16-18-5-9-23-24(14-18)33-13-12-32-23)6-4-17(2)30-25-22-15-21(27)8-7-20(22)10-11-28-25/h3-11,14-15H,2,12-13,16H2,1H3,(H,28,30)(H,29,31)/b6-4-,19-3+. The lowest BCUT2D eigenvalue weighted by Gasteiger charge is -2.19. The zero-order chi connectivity index (χ0) is 23.2. The molecule has 0 radical (unpaired) electrons. The molecule has 6 nitrogen and oxygen atoms in total. The lowest BCUT2D eigenvalue weighted by molar-refractivity contribution is -0.117. The Morgan fingerprint density at radius 3 is 2.76 bits per heavy atom. The number of pyridine rings is 1. The van der Waals surface area contributed by atoms with E-state index in [1.165, 1.54) is 0 Å². The minimum Gasteiger partial charge on any atom is -0.486 e. The van der Waals surface area contributed by atoms with Gasteiger partial charge in [-0.3, -0.25) is 4.79 Å². The summed E-state index contributed by atoms with van der Waals surface area (Å²) in [5, 5.41) is 8.65. The van der Waals surface area contributed by atoms with Gasteiger partial charge in [-0.15, -0.1) is 0 Å². The number of aromatic nitrogens is 1. The summed E-state index contributed by atoms with van der Waals surface area (Å²) in [6, 6.07) is 13.2. The fraction of sp³-hybridized carbons (Fsp3) is 0.154. The van der Waals surface area contributed by atoms with Gasteiger partial charge in [0.2, 0.25) is 0 Å². The van der Waals surface area contributed by atoms with Crippen molar-refractivity contribution in [2.75, 3.05) is 18.5 Å². The molecule has 0 spiro atoms. The fourth-order valence-corrected chi connectivity index (χ4v) is 3.58. The van der Waals surface area contributed by atoms with Crippen LogP contribution in [0.2, 0.25) is 5.02 Å². The van der Waals surface area contributed by atoms with Crippen LogP contribution in [0.4, 0.5) is 5.82 Å². The molecule has 1 amide bonds. The third-order valence-corrected chi connectivity index (χ3v) is 5.34. The number of carbonyl (C=O) groups excluding carboxylic acids is 1. The summed E-state index contributed by atoms with van der Waals surface area (Å²) in [4.78, 5) is 17.0. The number of anilines is 1. The van der Waals surface area contributed by atoms with Crippen LogP contribution in [0.15, 0.2) is 84.7 Å². The number of rotatable bonds is 7. The molecule has 0 saturated carbocycles. The van der Waals surface area contributed by atoms with E-state index >= 15 is 0 Å². The first kappa shape index (κ1) is 22.4. The third-order valence-electron chi connectivity index (χ3n) is 5.10. The predicted octanol–water partition coefficient (Wildman–Crippen LogP) is 5.40. The number of hydrogen-bond acceptors (Lipinski definition) is 5. The minimum absolute atomic E-state index is 0.188. The Bertz CT molecular complexity index is 1270. The zero-order valence-electron chi connectivity index (χ0n) is 18.2. The number of carbonyl (C=O) groups is 1. The predicted molar refractivity (Wildman–Crippen MR) is 132 cm³/mol. The molecule has 0 bridgehead atoms. The Morgan fingerprint density at radius 2 is 1.94 bits per heavy atom. The van der Waals surface area contributed by atoms with E-state index in [1.807, 2.05) is 49.4 Å². The Kier molecular flexibility index (Phi) is 6.95. The number of benzene rings is 2. The number of nitrogens with one attached hydrogen (secondary N) is 2. The van der Waals surface area contributed by atoms with Gasteiger partial charge in [-0.1, -0.05) is 36.4 Å². The number of fused-ring (bicyclic) bond motifs is 2. The highest BCUT2D eigenvalue weighted by Gasteiger charge is 2.12. The first-order chi connectivity index (χ1) is 16.0. The van der Waals surface area contributed by atoms with Crippen LogP contribution in [0.5, 0.6) is 11.5 Å². The monoisotopic (exact) mass is 461 g/mol. The normalized spacial score (nSPS) is 13.2. The molecule has 0 fully saturated rings. The van der Waals surface area contributed by atoms with Gasteiger partial charge in [-0.2, -0.15) is 0 Å². The second-order valence-corrected chi connectivity index (χ2v) is 7.85. The highest BCUT2D eigenvalue weighted by Crippen LogP contribution is 2.30. The Labute approximate surface area is 197 Å². The van der Waals surface area contributed by atoms with Crippen molar-refractivity contribution < 1.29 is 14.3 Å². The summed E-state index contributed by atoms with van der Waals surface area (Å²) in [5.41, 5.74) is 2.04. The van der Waals surface area contributed by atoms with Crippen molar-refractivity contribution in [1.82, 2.24) is 10.3 Å². The Hall–Kier alpha value is -3.77. The van der Waals surface area contributed by atoms with Gasteiger partial charge in [0.1, 0.15) is 19.0 Å². The van der Waals surface area contributed by atoms with Crippen molar-refractivity contribution in [1.29, 1.82) is 0 Å². The van der Waals surface area contributed by atoms with E-state index in [1.54, 1.807) is 24.4 Å². The quantitative estimate of drug-likeness (QED) is 0.364. The van der Waals surface area contributed by atoms with Crippen LogP contribution in [0, 0.1) is 0 Å². The second kappa shape index (κ2) is 10.2. The number of amides is 1. The summed E-state index contributed by atoms with van der Waals surface area (Å²) in [7, 11) is 0. The smallest absolute Gasteiger partial charge is 0.251 e. The van der Waals surface area contributed by atoms with Crippen LogP contribution in [-0.2, 0) is 11.3 Å². The maximum atomic E-state index is 12.7. The molecule has 2 N–H and O–H groups in total. The Morgan fingerprint density at radius 1 is 1.12 bits per heavy atom. The van der Waals surface area contributed by atoms with Crippen LogP contribution in [-0.4, -0.2) is 24.1 Å². The van der Waals surface area contributed by atoms with E-state index in [0.717, 1.165) is 22.1 Å². The second-order valence-electron chi connectivity index (χ2n) is 7.41. The van der Waals surface area contributed by atoms with Crippen LogP contribution < -0.4 is 20.1 Å². The largest absolute Gasteiger partial charge is 0.486 e. The lowest BCUT2D eigenvalue weighted by atomic mass is 10.1. The molecule has 2 heterocycles. The summed E-state index contributed by atoms with van der Waals surface area (Å²) in [5.74, 6) is 1.88. The van der Waals surface area contributed by atoms with Gasteiger partial charge in [0.05, 0.1) is 0 Å². The first-order valence-corrected chi connectivity index (χ1v) is 10.9. The third kappa shape index (κ3) is 5.54. The molecule has 2 aromatic carbocycles. The number of hydrogen-bond donors (Lipinski definition) is 2. The summed E-state index contributed by atoms with van der Waals surface area (Å²) < 4.78 is 11.1. The van der Waals surface area contributed by atoms with Gasteiger partial charge >= 0.3 is 0 Å². The van der Waals surface area contributed by atoms with E-state index in [0.29, 0.717) is 47.6 Å². The molecule has 3 aromatic rings. The van der Waals surface area contributed by atoms with Crippen LogP contribution in [0.1, 0.15) is 12.5 Å². The first-order valence-electron chi connectivity index (χ1n) is 10.5. The molecular formula is C26H24ClN3O3. The van der Waals surface area contributed by atoms with E-state index in [4.69, 9.17) is 21.1 Å². The summed E-state index contributed by atoms with van der Waals surface area (Å²) in [6.45, 7) is 7.28. The average Bonchev–Trinajstić information content (AvgIpc) is 2.83.